The number of benzene rings is 2. The zero-order valence-corrected chi connectivity index (χ0v) is 19.0. The molecular weight excluding hydrogens is 434 g/mol. The maximum absolute atomic E-state index is 12.4. The molecule has 2 amide bonds. The number of nitrogens with zero attached hydrogens (tertiary/aromatic N) is 3. The van der Waals surface area contributed by atoms with Gasteiger partial charge in [0.15, 0.2) is 4.34 Å². The van der Waals surface area contributed by atoms with Crippen LogP contribution >= 0.6 is 23.1 Å². The molecule has 0 saturated heterocycles. The molecule has 0 atom stereocenters. The van der Waals surface area contributed by atoms with E-state index in [2.05, 4.69) is 20.8 Å². The zero-order valence-electron chi connectivity index (χ0n) is 17.4. The van der Waals surface area contributed by atoms with Crippen molar-refractivity contribution in [2.75, 3.05) is 37.1 Å². The smallest absolute Gasteiger partial charge is 0.243 e. The van der Waals surface area contributed by atoms with Crippen LogP contribution < -0.4 is 15.4 Å². The van der Waals surface area contributed by atoms with Crippen LogP contribution in [0, 0.1) is 6.92 Å². The van der Waals surface area contributed by atoms with Gasteiger partial charge < -0.3 is 20.3 Å². The van der Waals surface area contributed by atoms with Gasteiger partial charge in [0.1, 0.15) is 5.75 Å². The molecule has 0 aliphatic heterocycles. The number of likely N-dealkylation sites (N-methyl/N-ethyl adjacent to an activating group) is 1. The minimum absolute atomic E-state index is 0.0238. The van der Waals surface area contributed by atoms with E-state index >= 15 is 0 Å². The molecule has 0 unspecified atom stereocenters. The Balaban J connectivity index is 1.46. The Bertz CT molecular complexity index is 1040. The largest absolute Gasteiger partial charge is 0.495 e. The molecule has 0 radical (unpaired) electrons. The lowest BCUT2D eigenvalue weighted by molar-refractivity contribution is -0.131. The number of aromatic nitrogens is 2. The molecule has 8 nitrogen and oxygen atoms in total. The van der Waals surface area contributed by atoms with Crippen molar-refractivity contribution in [3.8, 4) is 5.75 Å². The fourth-order valence-corrected chi connectivity index (χ4v) is 4.26. The first-order valence-corrected chi connectivity index (χ1v) is 11.2. The summed E-state index contributed by atoms with van der Waals surface area (Å²) in [5.74, 6) is 0.451. The lowest BCUT2D eigenvalue weighted by atomic mass is 10.2. The van der Waals surface area contributed by atoms with E-state index in [1.54, 1.807) is 14.2 Å². The van der Waals surface area contributed by atoms with Crippen LogP contribution in [0.2, 0.25) is 0 Å². The highest BCUT2D eigenvalue weighted by Gasteiger charge is 2.15. The number of methoxy groups -OCH3 is 1. The monoisotopic (exact) mass is 457 g/mol. The van der Waals surface area contributed by atoms with Crippen molar-refractivity contribution in [1.82, 2.24) is 15.1 Å². The van der Waals surface area contributed by atoms with Gasteiger partial charge in [-0.25, -0.2) is 0 Å². The maximum atomic E-state index is 12.4. The lowest BCUT2D eigenvalue weighted by Crippen LogP contribution is -2.35. The van der Waals surface area contributed by atoms with Crippen molar-refractivity contribution in [2.24, 2.45) is 0 Å². The van der Waals surface area contributed by atoms with Gasteiger partial charge in [-0.2, -0.15) is 0 Å². The number of thioether (sulfide) groups is 1. The molecule has 0 saturated carbocycles. The quantitative estimate of drug-likeness (QED) is 0.472. The average molecular weight is 458 g/mol. The number of ether oxygens (including phenoxy) is 1. The molecule has 31 heavy (non-hydrogen) atoms. The summed E-state index contributed by atoms with van der Waals surface area (Å²) in [4.78, 5) is 25.9. The summed E-state index contributed by atoms with van der Waals surface area (Å²) >= 11 is 2.62. The Hall–Kier alpha value is -3.11. The van der Waals surface area contributed by atoms with Gasteiger partial charge in [-0.3, -0.25) is 9.59 Å². The van der Waals surface area contributed by atoms with Crippen molar-refractivity contribution in [1.29, 1.82) is 0 Å². The number of para-hydroxylation sites is 2. The standard InChI is InChI=1S/C21H23N5O3S2/c1-14-8-10-15(11-9-14)22-18(27)12-26(2)19(28)13-30-21-25-24-20(31-21)23-16-6-4-5-7-17(16)29-3/h4-11H,12-13H2,1-3H3,(H,22,27)(H,23,24). The number of rotatable bonds is 9. The number of hydrogen-bond acceptors (Lipinski definition) is 8. The molecule has 0 fully saturated rings. The molecule has 0 aliphatic carbocycles. The number of aryl methyl sites for hydroxylation is 1. The first-order chi connectivity index (χ1) is 14.9. The van der Waals surface area contributed by atoms with Gasteiger partial charge in [-0.15, -0.1) is 10.2 Å². The first kappa shape index (κ1) is 22.6. The number of amides is 2. The average Bonchev–Trinajstić information content (AvgIpc) is 3.21. The molecule has 10 heteroatoms. The maximum Gasteiger partial charge on any atom is 0.243 e. The Morgan fingerprint density at radius 1 is 1.13 bits per heavy atom. The molecule has 3 aromatic rings. The van der Waals surface area contributed by atoms with Gasteiger partial charge in [-0.1, -0.05) is 52.9 Å². The normalized spacial score (nSPS) is 10.4. The van der Waals surface area contributed by atoms with Crippen LogP contribution in [0.25, 0.3) is 0 Å². The Morgan fingerprint density at radius 2 is 1.87 bits per heavy atom. The molecule has 2 N–H and O–H groups in total. The van der Waals surface area contributed by atoms with Crippen molar-refractivity contribution < 1.29 is 14.3 Å². The molecule has 1 heterocycles. The van der Waals surface area contributed by atoms with Gasteiger partial charge in [0, 0.05) is 12.7 Å². The molecule has 1 aromatic heterocycles. The predicted molar refractivity (Wildman–Crippen MR) is 124 cm³/mol. The van der Waals surface area contributed by atoms with Gasteiger partial charge in [0.2, 0.25) is 16.9 Å². The SMILES string of the molecule is COc1ccccc1Nc1nnc(SCC(=O)N(C)CC(=O)Nc2ccc(C)cc2)s1. The zero-order chi connectivity index (χ0) is 22.2. The number of anilines is 3. The van der Waals surface area contributed by atoms with Crippen LogP contribution in [0.1, 0.15) is 5.56 Å². The second kappa shape index (κ2) is 10.8. The molecule has 3 rings (SSSR count). The molecular formula is C21H23N5O3S2. The van der Waals surface area contributed by atoms with E-state index < -0.39 is 0 Å². The van der Waals surface area contributed by atoms with Crippen molar-refractivity contribution >= 4 is 51.4 Å². The van der Waals surface area contributed by atoms with Crippen LogP contribution in [0.5, 0.6) is 5.75 Å². The fraction of sp³-hybridized carbons (Fsp3) is 0.238. The summed E-state index contributed by atoms with van der Waals surface area (Å²) in [7, 11) is 3.21. The van der Waals surface area contributed by atoms with E-state index in [1.807, 2.05) is 55.5 Å². The van der Waals surface area contributed by atoms with Crippen LogP contribution in [-0.4, -0.2) is 53.4 Å². The van der Waals surface area contributed by atoms with Crippen LogP contribution in [-0.2, 0) is 9.59 Å². The number of nitrogens with one attached hydrogen (secondary N) is 2. The Morgan fingerprint density at radius 3 is 2.61 bits per heavy atom. The third-order valence-corrected chi connectivity index (χ3v) is 6.17. The highest BCUT2D eigenvalue weighted by molar-refractivity contribution is 8.01. The van der Waals surface area contributed by atoms with Crippen LogP contribution in [0.15, 0.2) is 52.9 Å². The van der Waals surface area contributed by atoms with E-state index in [0.717, 1.165) is 11.3 Å². The molecule has 0 aliphatic rings. The minimum atomic E-state index is -0.246. The van der Waals surface area contributed by atoms with Gasteiger partial charge in [0.05, 0.1) is 25.1 Å². The van der Waals surface area contributed by atoms with Crippen LogP contribution in [0.4, 0.5) is 16.5 Å². The van der Waals surface area contributed by atoms with E-state index in [1.165, 1.54) is 28.0 Å². The molecule has 0 bridgehead atoms. The van der Waals surface area contributed by atoms with E-state index in [9.17, 15) is 9.59 Å². The van der Waals surface area contributed by atoms with Gasteiger partial charge >= 0.3 is 0 Å². The minimum Gasteiger partial charge on any atom is -0.495 e. The second-order valence-corrected chi connectivity index (χ2v) is 8.85. The Kier molecular flexibility index (Phi) is 7.85. The summed E-state index contributed by atoms with van der Waals surface area (Å²) in [5, 5.41) is 14.8. The van der Waals surface area contributed by atoms with Crippen molar-refractivity contribution in [2.45, 2.75) is 11.3 Å². The second-order valence-electron chi connectivity index (χ2n) is 6.65. The summed E-state index contributed by atoms with van der Waals surface area (Å²) in [6, 6.07) is 15.0. The number of hydrogen-bond donors (Lipinski definition) is 2. The van der Waals surface area contributed by atoms with Gasteiger partial charge in [0.25, 0.3) is 0 Å². The highest BCUT2D eigenvalue weighted by Crippen LogP contribution is 2.31. The first-order valence-electron chi connectivity index (χ1n) is 9.41. The van der Waals surface area contributed by atoms with E-state index in [4.69, 9.17) is 4.74 Å². The van der Waals surface area contributed by atoms with E-state index in [-0.39, 0.29) is 24.1 Å². The Labute approximate surface area is 189 Å². The third-order valence-electron chi connectivity index (χ3n) is 4.22. The molecule has 2 aromatic carbocycles. The van der Waals surface area contributed by atoms with Crippen molar-refractivity contribution in [3.63, 3.8) is 0 Å². The molecule has 162 valence electrons. The predicted octanol–water partition coefficient (Wildman–Crippen LogP) is 3.79. The third kappa shape index (κ3) is 6.69. The summed E-state index contributed by atoms with van der Waals surface area (Å²) in [6.45, 7) is 1.95. The molecule has 0 spiro atoms. The summed E-state index contributed by atoms with van der Waals surface area (Å²) in [6.07, 6.45) is 0. The topological polar surface area (TPSA) is 96.4 Å². The number of carbonyl (C=O) groups is 2. The lowest BCUT2D eigenvalue weighted by Gasteiger charge is -2.16. The highest BCUT2D eigenvalue weighted by atomic mass is 32.2. The van der Waals surface area contributed by atoms with Gasteiger partial charge in [-0.05, 0) is 31.2 Å². The summed E-state index contributed by atoms with van der Waals surface area (Å²) in [5.41, 5.74) is 2.60. The summed E-state index contributed by atoms with van der Waals surface area (Å²) < 4.78 is 5.97. The van der Waals surface area contributed by atoms with E-state index in [0.29, 0.717) is 20.9 Å². The number of carbonyl (C=O) groups excluding carboxylic acids is 2. The fourth-order valence-electron chi connectivity index (χ4n) is 2.56. The van der Waals surface area contributed by atoms with Crippen LogP contribution in [0.3, 0.4) is 0 Å². The van der Waals surface area contributed by atoms with Crippen molar-refractivity contribution in [3.05, 3.63) is 54.1 Å².